The van der Waals surface area contributed by atoms with Crippen LogP contribution < -0.4 is 5.32 Å². The van der Waals surface area contributed by atoms with Crippen LogP contribution in [0.5, 0.6) is 0 Å². The third kappa shape index (κ3) is 6.57. The van der Waals surface area contributed by atoms with Crippen molar-refractivity contribution in [1.29, 1.82) is 0 Å². The van der Waals surface area contributed by atoms with Crippen molar-refractivity contribution in [1.82, 2.24) is 5.32 Å². The predicted molar refractivity (Wildman–Crippen MR) is 67.3 cm³/mol. The predicted octanol–water partition coefficient (Wildman–Crippen LogP) is 4.60. The summed E-state index contributed by atoms with van der Waals surface area (Å²) in [6.45, 7) is 2.68. The highest BCUT2D eigenvalue weighted by Gasteiger charge is 2.26. The second kappa shape index (κ2) is 7.48. The number of hydrogen-bond acceptors (Lipinski definition) is 1. The van der Waals surface area contributed by atoms with Crippen LogP contribution >= 0.6 is 0 Å². The second-order valence-electron chi connectivity index (χ2n) is 4.57. The van der Waals surface area contributed by atoms with Crippen LogP contribution in [0.3, 0.4) is 0 Å². The SMILES string of the molecule is CCCNC(CCCC(F)(F)F)c1cccc(F)c1. The summed E-state index contributed by atoms with van der Waals surface area (Å²) in [6, 6.07) is 5.80. The van der Waals surface area contributed by atoms with E-state index in [1.165, 1.54) is 12.1 Å². The van der Waals surface area contributed by atoms with Crippen molar-refractivity contribution in [3.63, 3.8) is 0 Å². The Labute approximate surface area is 111 Å². The first kappa shape index (κ1) is 16.0. The van der Waals surface area contributed by atoms with E-state index in [1.807, 2.05) is 6.92 Å². The minimum Gasteiger partial charge on any atom is -0.310 e. The van der Waals surface area contributed by atoms with Gasteiger partial charge >= 0.3 is 6.18 Å². The molecule has 0 aliphatic carbocycles. The van der Waals surface area contributed by atoms with Crippen molar-refractivity contribution in [2.75, 3.05) is 6.54 Å². The fourth-order valence-electron chi connectivity index (χ4n) is 1.94. The maximum absolute atomic E-state index is 13.2. The molecule has 0 aliphatic rings. The summed E-state index contributed by atoms with van der Waals surface area (Å²) in [5.41, 5.74) is 0.704. The lowest BCUT2D eigenvalue weighted by Crippen LogP contribution is -2.22. The first-order valence-electron chi connectivity index (χ1n) is 6.48. The van der Waals surface area contributed by atoms with Crippen molar-refractivity contribution in [2.24, 2.45) is 0 Å². The molecule has 1 nitrogen and oxygen atoms in total. The molecule has 108 valence electrons. The van der Waals surface area contributed by atoms with Gasteiger partial charge in [-0.3, -0.25) is 0 Å². The van der Waals surface area contributed by atoms with Gasteiger partial charge in [-0.2, -0.15) is 13.2 Å². The maximum atomic E-state index is 13.2. The topological polar surface area (TPSA) is 12.0 Å². The molecule has 0 aromatic heterocycles. The number of halogens is 4. The molecule has 0 aliphatic heterocycles. The average Bonchev–Trinajstić information content (AvgIpc) is 2.32. The lowest BCUT2D eigenvalue weighted by molar-refractivity contribution is -0.135. The van der Waals surface area contributed by atoms with E-state index in [1.54, 1.807) is 12.1 Å². The fraction of sp³-hybridized carbons (Fsp3) is 0.571. The Morgan fingerprint density at radius 1 is 1.26 bits per heavy atom. The molecule has 0 heterocycles. The van der Waals surface area contributed by atoms with Gasteiger partial charge in [-0.05, 0) is 43.5 Å². The van der Waals surface area contributed by atoms with Gasteiger partial charge in [-0.1, -0.05) is 19.1 Å². The van der Waals surface area contributed by atoms with E-state index in [9.17, 15) is 17.6 Å². The fourth-order valence-corrected chi connectivity index (χ4v) is 1.94. The van der Waals surface area contributed by atoms with Crippen LogP contribution in [0, 0.1) is 5.82 Å². The summed E-state index contributed by atoms with van der Waals surface area (Å²) in [7, 11) is 0. The lowest BCUT2D eigenvalue weighted by Gasteiger charge is -2.19. The number of alkyl halides is 3. The van der Waals surface area contributed by atoms with Gasteiger partial charge in [-0.15, -0.1) is 0 Å². The molecule has 1 atom stereocenters. The van der Waals surface area contributed by atoms with Crippen molar-refractivity contribution >= 4 is 0 Å². The van der Waals surface area contributed by atoms with E-state index in [0.717, 1.165) is 6.42 Å². The molecule has 5 heteroatoms. The molecular formula is C14H19F4N. The quantitative estimate of drug-likeness (QED) is 0.718. The first-order chi connectivity index (χ1) is 8.92. The van der Waals surface area contributed by atoms with Gasteiger partial charge in [0.15, 0.2) is 0 Å². The van der Waals surface area contributed by atoms with Gasteiger partial charge < -0.3 is 5.32 Å². The highest BCUT2D eigenvalue weighted by atomic mass is 19.4. The average molecular weight is 277 g/mol. The van der Waals surface area contributed by atoms with Crippen molar-refractivity contribution in [3.05, 3.63) is 35.6 Å². The van der Waals surface area contributed by atoms with Gasteiger partial charge in [0.05, 0.1) is 0 Å². The van der Waals surface area contributed by atoms with E-state index in [2.05, 4.69) is 5.32 Å². The number of rotatable bonds is 7. The van der Waals surface area contributed by atoms with Gasteiger partial charge in [0.2, 0.25) is 0 Å². The van der Waals surface area contributed by atoms with Crippen LogP contribution in [-0.4, -0.2) is 12.7 Å². The van der Waals surface area contributed by atoms with Crippen LogP contribution in [-0.2, 0) is 0 Å². The first-order valence-corrected chi connectivity index (χ1v) is 6.48. The third-order valence-corrected chi connectivity index (χ3v) is 2.84. The monoisotopic (exact) mass is 277 g/mol. The molecule has 0 spiro atoms. The summed E-state index contributed by atoms with van der Waals surface area (Å²) in [6.07, 6.45) is -3.65. The Balaban J connectivity index is 2.61. The molecule has 1 unspecified atom stereocenters. The Bertz CT molecular complexity index is 376. The maximum Gasteiger partial charge on any atom is 0.389 e. The molecule has 19 heavy (non-hydrogen) atoms. The van der Waals surface area contributed by atoms with E-state index in [-0.39, 0.29) is 18.3 Å². The third-order valence-electron chi connectivity index (χ3n) is 2.84. The van der Waals surface area contributed by atoms with Crippen LogP contribution in [0.1, 0.15) is 44.2 Å². The van der Waals surface area contributed by atoms with E-state index in [4.69, 9.17) is 0 Å². The number of nitrogens with one attached hydrogen (secondary N) is 1. The molecule has 1 aromatic carbocycles. The van der Waals surface area contributed by atoms with Crippen molar-refractivity contribution in [2.45, 2.75) is 44.8 Å². The molecule has 0 saturated carbocycles. The summed E-state index contributed by atoms with van der Waals surface area (Å²) in [5.74, 6) is -0.364. The Kier molecular flexibility index (Phi) is 6.28. The number of hydrogen-bond donors (Lipinski definition) is 1. The van der Waals surface area contributed by atoms with E-state index >= 15 is 0 Å². The smallest absolute Gasteiger partial charge is 0.310 e. The molecule has 0 fully saturated rings. The second-order valence-corrected chi connectivity index (χ2v) is 4.57. The normalized spacial score (nSPS) is 13.5. The van der Waals surface area contributed by atoms with Gasteiger partial charge in [-0.25, -0.2) is 4.39 Å². The summed E-state index contributed by atoms with van der Waals surface area (Å²) >= 11 is 0. The largest absolute Gasteiger partial charge is 0.389 e. The standard InChI is InChI=1S/C14H19F4N/c1-2-9-19-13(7-4-8-14(16,17)18)11-5-3-6-12(15)10-11/h3,5-6,10,13,19H,2,4,7-9H2,1H3. The molecule has 0 amide bonds. The highest BCUT2D eigenvalue weighted by molar-refractivity contribution is 5.20. The van der Waals surface area contributed by atoms with Crippen molar-refractivity contribution < 1.29 is 17.6 Å². The van der Waals surface area contributed by atoms with Gasteiger partial charge in [0.25, 0.3) is 0 Å². The molecule has 0 bridgehead atoms. The van der Waals surface area contributed by atoms with Crippen LogP contribution in [0.2, 0.25) is 0 Å². The summed E-state index contributed by atoms with van der Waals surface area (Å²) in [4.78, 5) is 0. The van der Waals surface area contributed by atoms with Gasteiger partial charge in [0, 0.05) is 12.5 Å². The highest BCUT2D eigenvalue weighted by Crippen LogP contribution is 2.26. The lowest BCUT2D eigenvalue weighted by atomic mass is 10.0. The molecule has 0 saturated heterocycles. The van der Waals surface area contributed by atoms with Crippen LogP contribution in [0.25, 0.3) is 0 Å². The minimum atomic E-state index is -4.13. The molecule has 1 aromatic rings. The molecule has 1 N–H and O–H groups in total. The van der Waals surface area contributed by atoms with Crippen LogP contribution in [0.15, 0.2) is 24.3 Å². The zero-order chi connectivity index (χ0) is 14.3. The van der Waals surface area contributed by atoms with Crippen molar-refractivity contribution in [3.8, 4) is 0 Å². The molecule has 1 rings (SSSR count). The van der Waals surface area contributed by atoms with E-state index < -0.39 is 12.6 Å². The zero-order valence-electron chi connectivity index (χ0n) is 10.9. The Morgan fingerprint density at radius 3 is 2.58 bits per heavy atom. The number of benzene rings is 1. The zero-order valence-corrected chi connectivity index (χ0v) is 10.9. The van der Waals surface area contributed by atoms with E-state index in [0.29, 0.717) is 18.5 Å². The minimum absolute atomic E-state index is 0.0430. The molecular weight excluding hydrogens is 258 g/mol. The molecule has 0 radical (unpaired) electrons. The Hall–Kier alpha value is -1.10. The Morgan fingerprint density at radius 2 is 2.00 bits per heavy atom. The van der Waals surface area contributed by atoms with Crippen LogP contribution in [0.4, 0.5) is 17.6 Å². The summed E-state index contributed by atoms with van der Waals surface area (Å²) < 4.78 is 49.6. The van der Waals surface area contributed by atoms with Gasteiger partial charge in [0.1, 0.15) is 5.82 Å². The summed E-state index contributed by atoms with van der Waals surface area (Å²) in [5, 5.41) is 3.17.